The van der Waals surface area contributed by atoms with Crippen molar-refractivity contribution in [2.75, 3.05) is 0 Å². The molecule has 0 unspecified atom stereocenters. The van der Waals surface area contributed by atoms with Gasteiger partial charge in [-0.2, -0.15) is 5.26 Å². The molecule has 1 rings (SSSR count). The second kappa shape index (κ2) is 4.95. The Labute approximate surface area is 96.6 Å². The smallest absolute Gasteiger partial charge is 0.388 e. The lowest BCUT2D eigenvalue weighted by Crippen LogP contribution is -2.19. The van der Waals surface area contributed by atoms with Gasteiger partial charge in [0.2, 0.25) is 5.88 Å². The number of carbonyl (C=O) groups is 1. The molecule has 1 aromatic heterocycles. The van der Waals surface area contributed by atoms with E-state index >= 15 is 0 Å². The number of ether oxygens (including phenoxy) is 1. The van der Waals surface area contributed by atoms with E-state index in [1.54, 1.807) is 0 Å². The van der Waals surface area contributed by atoms with Crippen LogP contribution in [0.2, 0.25) is 0 Å². The zero-order valence-corrected chi connectivity index (χ0v) is 8.33. The molecule has 0 fully saturated rings. The van der Waals surface area contributed by atoms with Crippen LogP contribution in [0.4, 0.5) is 22.0 Å². The molecule has 0 atom stereocenters. The van der Waals surface area contributed by atoms with E-state index in [-0.39, 0.29) is 6.29 Å². The summed E-state index contributed by atoms with van der Waals surface area (Å²) in [6.45, 7) is 0. The number of nitriles is 1. The van der Waals surface area contributed by atoms with Gasteiger partial charge in [0.25, 0.3) is 6.43 Å². The summed E-state index contributed by atoms with van der Waals surface area (Å²) in [6, 6.07) is 1.64. The van der Waals surface area contributed by atoms with Crippen molar-refractivity contribution in [1.29, 1.82) is 5.26 Å². The van der Waals surface area contributed by atoms with Crippen molar-refractivity contribution in [2.24, 2.45) is 0 Å². The van der Waals surface area contributed by atoms with E-state index in [4.69, 9.17) is 5.26 Å². The fraction of sp³-hybridized carbons (Fsp3) is 0.222. The summed E-state index contributed by atoms with van der Waals surface area (Å²) in [5.74, 6) is -1.15. The monoisotopic (exact) mass is 266 g/mol. The van der Waals surface area contributed by atoms with Gasteiger partial charge in [0, 0.05) is 6.07 Å². The van der Waals surface area contributed by atoms with Crippen molar-refractivity contribution in [3.8, 4) is 11.9 Å². The maximum absolute atomic E-state index is 12.5. The van der Waals surface area contributed by atoms with Crippen LogP contribution in [0.5, 0.6) is 5.88 Å². The second-order valence-corrected chi connectivity index (χ2v) is 2.89. The highest BCUT2D eigenvalue weighted by molar-refractivity contribution is 5.76. The number of alkyl halides is 5. The minimum absolute atomic E-state index is 0.175. The number of hydrogen-bond acceptors (Lipinski definition) is 4. The lowest BCUT2D eigenvalue weighted by atomic mass is 10.1. The molecule has 0 aromatic carbocycles. The Hall–Kier alpha value is -2.24. The third-order valence-corrected chi connectivity index (χ3v) is 1.74. The van der Waals surface area contributed by atoms with Gasteiger partial charge >= 0.3 is 6.36 Å². The maximum Gasteiger partial charge on any atom is 0.574 e. The molecule has 0 N–H and O–H groups in total. The van der Waals surface area contributed by atoms with Gasteiger partial charge in [-0.1, -0.05) is 0 Å². The molecule has 0 bridgehead atoms. The van der Waals surface area contributed by atoms with Crippen LogP contribution in [0.3, 0.4) is 0 Å². The van der Waals surface area contributed by atoms with Crippen LogP contribution in [0.1, 0.15) is 28.0 Å². The lowest BCUT2D eigenvalue weighted by molar-refractivity contribution is -0.276. The van der Waals surface area contributed by atoms with E-state index < -0.39 is 35.5 Å². The molecular formula is C9H3F5N2O2. The Balaban J connectivity index is 3.37. The standard InChI is InChI=1S/C9H3F5N2O2/c10-8(11)7-4(2-15)1-6(16-5(7)3-17)18-9(12,13)14/h1,3,8H. The molecule has 4 nitrogen and oxygen atoms in total. The first-order valence-corrected chi connectivity index (χ1v) is 4.22. The minimum atomic E-state index is -5.10. The summed E-state index contributed by atoms with van der Waals surface area (Å²) in [6.07, 6.45) is -8.50. The first-order chi connectivity index (χ1) is 8.28. The largest absolute Gasteiger partial charge is 0.574 e. The van der Waals surface area contributed by atoms with E-state index in [9.17, 15) is 26.7 Å². The van der Waals surface area contributed by atoms with Crippen molar-refractivity contribution < 1.29 is 31.5 Å². The summed E-state index contributed by atoms with van der Waals surface area (Å²) >= 11 is 0. The fourth-order valence-electron chi connectivity index (χ4n) is 1.13. The Bertz CT molecular complexity index is 507. The number of pyridine rings is 1. The van der Waals surface area contributed by atoms with E-state index in [0.29, 0.717) is 6.07 Å². The zero-order valence-electron chi connectivity index (χ0n) is 8.33. The topological polar surface area (TPSA) is 63.0 Å². The molecule has 0 spiro atoms. The number of halogens is 5. The normalized spacial score (nSPS) is 11.2. The predicted molar refractivity (Wildman–Crippen MR) is 46.0 cm³/mol. The number of hydrogen-bond donors (Lipinski definition) is 0. The molecule has 0 radical (unpaired) electrons. The van der Waals surface area contributed by atoms with Gasteiger partial charge in [-0.05, 0) is 0 Å². The van der Waals surface area contributed by atoms with Crippen LogP contribution < -0.4 is 4.74 Å². The summed E-state index contributed by atoms with van der Waals surface area (Å²) in [4.78, 5) is 13.4. The van der Waals surface area contributed by atoms with Crippen LogP contribution in [0.25, 0.3) is 0 Å². The molecule has 0 saturated heterocycles. The van der Waals surface area contributed by atoms with E-state index in [1.807, 2.05) is 0 Å². The number of aldehydes is 1. The van der Waals surface area contributed by atoms with E-state index in [2.05, 4.69) is 9.72 Å². The summed E-state index contributed by atoms with van der Waals surface area (Å²) in [5.41, 5.74) is -2.80. The van der Waals surface area contributed by atoms with Crippen LogP contribution in [0.15, 0.2) is 6.07 Å². The molecule has 0 aliphatic carbocycles. The molecular weight excluding hydrogens is 263 g/mol. The first kappa shape index (κ1) is 13.8. The Morgan fingerprint density at radius 3 is 2.44 bits per heavy atom. The van der Waals surface area contributed by atoms with Gasteiger partial charge in [-0.15, -0.1) is 13.2 Å². The Kier molecular flexibility index (Phi) is 3.80. The highest BCUT2D eigenvalue weighted by Crippen LogP contribution is 2.29. The molecule has 0 amide bonds. The van der Waals surface area contributed by atoms with Crippen molar-refractivity contribution in [3.05, 3.63) is 22.9 Å². The summed E-state index contributed by atoms with van der Waals surface area (Å²) in [7, 11) is 0. The quantitative estimate of drug-likeness (QED) is 0.623. The molecule has 1 aromatic rings. The van der Waals surface area contributed by atoms with Gasteiger partial charge in [-0.25, -0.2) is 13.8 Å². The van der Waals surface area contributed by atoms with Gasteiger partial charge in [0.05, 0.1) is 17.2 Å². The SMILES string of the molecule is N#Cc1cc(OC(F)(F)F)nc(C=O)c1C(F)F. The molecule has 18 heavy (non-hydrogen) atoms. The van der Waals surface area contributed by atoms with Crippen LogP contribution >= 0.6 is 0 Å². The third-order valence-electron chi connectivity index (χ3n) is 1.74. The summed E-state index contributed by atoms with van der Waals surface area (Å²) < 4.78 is 64.1. The maximum atomic E-state index is 12.5. The number of aromatic nitrogens is 1. The van der Waals surface area contributed by atoms with Crippen molar-refractivity contribution in [3.63, 3.8) is 0 Å². The zero-order chi connectivity index (χ0) is 13.9. The van der Waals surface area contributed by atoms with Gasteiger partial charge in [-0.3, -0.25) is 4.79 Å². The van der Waals surface area contributed by atoms with Gasteiger partial charge < -0.3 is 4.74 Å². The Morgan fingerprint density at radius 1 is 1.44 bits per heavy atom. The molecule has 0 aliphatic heterocycles. The van der Waals surface area contributed by atoms with Crippen LogP contribution in [-0.4, -0.2) is 17.6 Å². The van der Waals surface area contributed by atoms with Gasteiger partial charge in [0.1, 0.15) is 5.69 Å². The highest BCUT2D eigenvalue weighted by Gasteiger charge is 2.33. The Morgan fingerprint density at radius 2 is 2.06 bits per heavy atom. The summed E-state index contributed by atoms with van der Waals surface area (Å²) in [5, 5.41) is 8.55. The number of carbonyl (C=O) groups excluding carboxylic acids is 1. The molecule has 0 saturated carbocycles. The average molecular weight is 266 g/mol. The third kappa shape index (κ3) is 3.13. The number of rotatable bonds is 3. The van der Waals surface area contributed by atoms with Crippen molar-refractivity contribution in [1.82, 2.24) is 4.98 Å². The molecule has 0 aliphatic rings. The van der Waals surface area contributed by atoms with Crippen molar-refractivity contribution >= 4 is 6.29 Å². The van der Waals surface area contributed by atoms with Gasteiger partial charge in [0.15, 0.2) is 6.29 Å². The minimum Gasteiger partial charge on any atom is -0.388 e. The predicted octanol–water partition coefficient (Wildman–Crippen LogP) is 2.60. The lowest BCUT2D eigenvalue weighted by Gasteiger charge is -2.11. The first-order valence-electron chi connectivity index (χ1n) is 4.22. The van der Waals surface area contributed by atoms with Crippen molar-refractivity contribution in [2.45, 2.75) is 12.8 Å². The van der Waals surface area contributed by atoms with Crippen LogP contribution in [0, 0.1) is 11.3 Å². The number of nitrogens with zero attached hydrogens (tertiary/aromatic N) is 2. The van der Waals surface area contributed by atoms with E-state index in [0.717, 1.165) is 0 Å². The second-order valence-electron chi connectivity index (χ2n) is 2.89. The molecule has 9 heteroatoms. The molecule has 96 valence electrons. The molecule has 1 heterocycles. The van der Waals surface area contributed by atoms with Crippen LogP contribution in [-0.2, 0) is 0 Å². The highest BCUT2D eigenvalue weighted by atomic mass is 19.4. The average Bonchev–Trinajstić information content (AvgIpc) is 2.24. The van der Waals surface area contributed by atoms with E-state index in [1.165, 1.54) is 6.07 Å². The fourth-order valence-corrected chi connectivity index (χ4v) is 1.13.